The second-order valence-electron chi connectivity index (χ2n) is 6.59. The molecule has 3 aromatic rings. The number of nitrogens with one attached hydrogen (secondary N) is 1. The van der Waals surface area contributed by atoms with E-state index < -0.39 is 22.4 Å². The molecule has 0 fully saturated rings. The number of nitro benzene ring substituents is 1. The molecule has 0 aliphatic carbocycles. The lowest BCUT2D eigenvalue weighted by atomic mass is 9.82. The number of carbonyl (C=O) groups excluding carboxylic acids is 1. The minimum absolute atomic E-state index is 0.0557. The summed E-state index contributed by atoms with van der Waals surface area (Å²) in [6.07, 6.45) is 0. The van der Waals surface area contributed by atoms with Gasteiger partial charge in [0.2, 0.25) is 5.88 Å². The van der Waals surface area contributed by atoms with E-state index in [2.05, 4.69) is 4.98 Å². The summed E-state index contributed by atoms with van der Waals surface area (Å²) in [7, 11) is 0. The normalized spacial score (nSPS) is 15.4. The van der Waals surface area contributed by atoms with Crippen LogP contribution >= 0.6 is 0 Å². The molecule has 2 aromatic carbocycles. The molecule has 0 bridgehead atoms. The highest BCUT2D eigenvalue weighted by Gasteiger charge is 2.41. The van der Waals surface area contributed by atoms with Crippen LogP contribution in [0, 0.1) is 10.1 Å². The molecule has 9 heteroatoms. The van der Waals surface area contributed by atoms with Crippen molar-refractivity contribution < 1.29 is 19.2 Å². The Hall–Kier alpha value is -4.14. The zero-order valence-corrected chi connectivity index (χ0v) is 15.9. The first-order chi connectivity index (χ1) is 14.4. The van der Waals surface area contributed by atoms with Gasteiger partial charge in [-0.1, -0.05) is 30.3 Å². The molecule has 3 N–H and O–H groups in total. The fraction of sp³-hybridized carbons (Fsp3) is 0.143. The Bertz CT molecular complexity index is 1280. The zero-order chi connectivity index (χ0) is 21.4. The second kappa shape index (κ2) is 7.36. The number of para-hydroxylation sites is 2. The molecule has 1 aliphatic rings. The second-order valence-corrected chi connectivity index (χ2v) is 6.59. The van der Waals surface area contributed by atoms with Gasteiger partial charge in [0.15, 0.2) is 0 Å². The van der Waals surface area contributed by atoms with Gasteiger partial charge >= 0.3 is 5.97 Å². The van der Waals surface area contributed by atoms with Crippen molar-refractivity contribution in [3.05, 3.63) is 91.6 Å². The maximum Gasteiger partial charge on any atom is 0.340 e. The quantitative estimate of drug-likeness (QED) is 0.385. The number of nitro groups is 1. The van der Waals surface area contributed by atoms with E-state index in [1.54, 1.807) is 37.3 Å². The summed E-state index contributed by atoms with van der Waals surface area (Å²) in [5.41, 5.74) is 5.85. The molecule has 0 spiro atoms. The fourth-order valence-corrected chi connectivity index (χ4v) is 3.69. The van der Waals surface area contributed by atoms with Crippen molar-refractivity contribution in [1.29, 1.82) is 0 Å². The van der Waals surface area contributed by atoms with Crippen LogP contribution in [0.3, 0.4) is 0 Å². The summed E-state index contributed by atoms with van der Waals surface area (Å²) < 4.78 is 10.8. The SMILES string of the molecule is CCOC(=O)C1=C(N)Oc2c(c(=O)[nH]c3ccccc23)[C@H]1c1ccccc1[N+](=O)[O-]. The van der Waals surface area contributed by atoms with Crippen molar-refractivity contribution in [2.45, 2.75) is 12.8 Å². The largest absolute Gasteiger partial charge is 0.462 e. The lowest BCUT2D eigenvalue weighted by Crippen LogP contribution is -2.32. The molecule has 30 heavy (non-hydrogen) atoms. The van der Waals surface area contributed by atoms with Crippen LogP contribution in [-0.4, -0.2) is 22.5 Å². The van der Waals surface area contributed by atoms with Crippen LogP contribution in [0.4, 0.5) is 5.69 Å². The first kappa shape index (κ1) is 19.2. The van der Waals surface area contributed by atoms with Crippen molar-refractivity contribution in [3.63, 3.8) is 0 Å². The molecule has 0 saturated carbocycles. The van der Waals surface area contributed by atoms with Crippen molar-refractivity contribution in [3.8, 4) is 5.75 Å². The van der Waals surface area contributed by atoms with Gasteiger partial charge in [0.25, 0.3) is 11.2 Å². The number of ether oxygens (including phenoxy) is 2. The van der Waals surface area contributed by atoms with Crippen LogP contribution in [-0.2, 0) is 9.53 Å². The predicted molar refractivity (Wildman–Crippen MR) is 108 cm³/mol. The number of pyridine rings is 1. The van der Waals surface area contributed by atoms with Crippen LogP contribution in [0.5, 0.6) is 5.75 Å². The van der Waals surface area contributed by atoms with Gasteiger partial charge in [0.05, 0.1) is 28.5 Å². The van der Waals surface area contributed by atoms with Gasteiger partial charge in [0.1, 0.15) is 11.3 Å². The molecule has 0 saturated heterocycles. The number of hydrogen-bond acceptors (Lipinski definition) is 7. The number of hydrogen-bond donors (Lipinski definition) is 2. The molecule has 9 nitrogen and oxygen atoms in total. The predicted octanol–water partition coefficient (Wildman–Crippen LogP) is 2.69. The number of nitrogens with zero attached hydrogens (tertiary/aromatic N) is 1. The lowest BCUT2D eigenvalue weighted by Gasteiger charge is -2.28. The van der Waals surface area contributed by atoms with Gasteiger partial charge in [-0.25, -0.2) is 4.79 Å². The van der Waals surface area contributed by atoms with Crippen LogP contribution in [0.25, 0.3) is 10.9 Å². The number of fused-ring (bicyclic) bond motifs is 3. The first-order valence-electron chi connectivity index (χ1n) is 9.16. The van der Waals surface area contributed by atoms with Gasteiger partial charge in [-0.05, 0) is 19.1 Å². The number of esters is 1. The van der Waals surface area contributed by atoms with E-state index in [0.29, 0.717) is 10.9 Å². The number of aromatic amines is 1. The summed E-state index contributed by atoms with van der Waals surface area (Å²) in [5, 5.41) is 12.2. The minimum atomic E-state index is -1.14. The van der Waals surface area contributed by atoms with Gasteiger partial charge in [0, 0.05) is 17.0 Å². The van der Waals surface area contributed by atoms with E-state index in [0.717, 1.165) is 0 Å². The van der Waals surface area contributed by atoms with E-state index in [4.69, 9.17) is 15.2 Å². The van der Waals surface area contributed by atoms with Crippen molar-refractivity contribution in [2.24, 2.45) is 5.73 Å². The van der Waals surface area contributed by atoms with E-state index in [1.807, 2.05) is 0 Å². The molecule has 1 atom stereocenters. The average Bonchev–Trinajstić information content (AvgIpc) is 2.73. The third-order valence-electron chi connectivity index (χ3n) is 4.90. The number of nitrogens with two attached hydrogens (primary N) is 1. The Labute approximate surface area is 169 Å². The maximum atomic E-state index is 13.1. The van der Waals surface area contributed by atoms with E-state index in [-0.39, 0.29) is 40.6 Å². The Kier molecular flexibility index (Phi) is 4.71. The van der Waals surface area contributed by atoms with E-state index in [1.165, 1.54) is 18.2 Å². The Balaban J connectivity index is 2.10. The van der Waals surface area contributed by atoms with Gasteiger partial charge < -0.3 is 20.2 Å². The number of rotatable bonds is 4. The van der Waals surface area contributed by atoms with Gasteiger partial charge in [-0.2, -0.15) is 0 Å². The molecular formula is C21H17N3O6. The van der Waals surface area contributed by atoms with Gasteiger partial charge in [-0.15, -0.1) is 0 Å². The van der Waals surface area contributed by atoms with E-state index >= 15 is 0 Å². The molecule has 1 aliphatic heterocycles. The number of benzene rings is 2. The smallest absolute Gasteiger partial charge is 0.340 e. The van der Waals surface area contributed by atoms with Crippen LogP contribution in [0.2, 0.25) is 0 Å². The summed E-state index contributed by atoms with van der Waals surface area (Å²) in [6, 6.07) is 12.8. The summed E-state index contributed by atoms with van der Waals surface area (Å²) in [4.78, 5) is 39.7. The van der Waals surface area contributed by atoms with Crippen molar-refractivity contribution >= 4 is 22.6 Å². The topological polar surface area (TPSA) is 138 Å². The molecule has 2 heterocycles. The number of carbonyl (C=O) groups is 1. The van der Waals surface area contributed by atoms with Gasteiger partial charge in [-0.3, -0.25) is 14.9 Å². The summed E-state index contributed by atoms with van der Waals surface area (Å²) >= 11 is 0. The highest BCUT2D eigenvalue weighted by molar-refractivity contribution is 5.95. The van der Waals surface area contributed by atoms with Crippen molar-refractivity contribution in [1.82, 2.24) is 4.98 Å². The number of H-pyrrole nitrogens is 1. The third kappa shape index (κ3) is 2.96. The highest BCUT2D eigenvalue weighted by atomic mass is 16.6. The first-order valence-corrected chi connectivity index (χ1v) is 9.16. The molecule has 0 unspecified atom stereocenters. The monoisotopic (exact) mass is 407 g/mol. The summed E-state index contributed by atoms with van der Waals surface area (Å²) in [5.74, 6) is -2.05. The van der Waals surface area contributed by atoms with Crippen LogP contribution in [0.15, 0.2) is 64.8 Å². The zero-order valence-electron chi connectivity index (χ0n) is 15.9. The number of aromatic nitrogens is 1. The fourth-order valence-electron chi connectivity index (χ4n) is 3.69. The Morgan fingerprint density at radius 2 is 1.93 bits per heavy atom. The molecule has 152 valence electrons. The lowest BCUT2D eigenvalue weighted by molar-refractivity contribution is -0.385. The minimum Gasteiger partial charge on any atom is -0.462 e. The molecule has 1 aromatic heterocycles. The van der Waals surface area contributed by atoms with E-state index in [9.17, 15) is 19.7 Å². The standard InChI is InChI=1S/C21H17N3O6/c1-2-29-21(26)17-15(12-8-4-6-10-14(12)24(27)28)16-18(30-19(17)22)11-7-3-5-9-13(11)23-20(16)25/h3-10,15H,2,22H2,1H3,(H,23,25)/t15-/m1/s1. The van der Waals surface area contributed by atoms with Crippen LogP contribution < -0.4 is 16.0 Å². The third-order valence-corrected chi connectivity index (χ3v) is 4.90. The summed E-state index contributed by atoms with van der Waals surface area (Å²) in [6.45, 7) is 1.67. The highest BCUT2D eigenvalue weighted by Crippen LogP contribution is 2.45. The van der Waals surface area contributed by atoms with Crippen molar-refractivity contribution in [2.75, 3.05) is 6.61 Å². The molecule has 0 amide bonds. The average molecular weight is 407 g/mol. The maximum absolute atomic E-state index is 13.1. The Morgan fingerprint density at radius 1 is 1.23 bits per heavy atom. The molecule has 4 rings (SSSR count). The molecule has 0 radical (unpaired) electrons. The van der Waals surface area contributed by atoms with Crippen LogP contribution in [0.1, 0.15) is 24.0 Å². The molecular weight excluding hydrogens is 390 g/mol. The Morgan fingerprint density at radius 3 is 2.67 bits per heavy atom.